The minimum atomic E-state index is -5.84. The fourth-order valence-electron chi connectivity index (χ4n) is 0. The van der Waals surface area contributed by atoms with Crippen LogP contribution in [0.2, 0.25) is 0 Å². The maximum absolute atomic E-state index is 10.7. The third kappa shape index (κ3) is 9.83. The van der Waals surface area contributed by atoms with Crippen LogP contribution in [0.4, 0.5) is 13.2 Å². The lowest BCUT2D eigenvalue weighted by Crippen LogP contribution is -3.00. The van der Waals surface area contributed by atoms with Crippen LogP contribution in [0.15, 0.2) is 0 Å². The first kappa shape index (κ1) is 17.8. The Kier molecular flexibility index (Phi) is 9.43. The predicted octanol–water partition coefficient (Wildman–Crippen LogP) is -4.27. The summed E-state index contributed by atoms with van der Waals surface area (Å²) in [5.41, 5.74) is -5.53. The molecular weight excluding hydrogens is 322 g/mol. The van der Waals surface area contributed by atoms with Crippen molar-refractivity contribution in [3.8, 4) is 0 Å². The van der Waals surface area contributed by atoms with E-state index >= 15 is 0 Å². The molecule has 0 aromatic heterocycles. The normalized spacial score (nSPS) is 10.3. The van der Waals surface area contributed by atoms with Gasteiger partial charge in [0.15, 0.2) is 0 Å². The molecule has 0 fully saturated rings. The van der Waals surface area contributed by atoms with Gasteiger partial charge < -0.3 is 24.0 Å². The van der Waals surface area contributed by atoms with Gasteiger partial charge in [0.05, 0.1) is 0 Å². The van der Waals surface area contributed by atoms with Gasteiger partial charge in [0.1, 0.15) is 0 Å². The van der Waals surface area contributed by atoms with Crippen molar-refractivity contribution < 1.29 is 55.5 Å². The van der Waals surface area contributed by atoms with Crippen molar-refractivity contribution in [3.05, 3.63) is 10.1 Å². The van der Waals surface area contributed by atoms with Crippen LogP contribution in [0.1, 0.15) is 0 Å². The zero-order valence-electron chi connectivity index (χ0n) is 5.00. The summed E-state index contributed by atoms with van der Waals surface area (Å²) in [5.74, 6) is 0. The number of alkyl halides is 3. The van der Waals surface area contributed by atoms with E-state index < -0.39 is 15.6 Å². The fourth-order valence-corrected chi connectivity index (χ4v) is 0. The van der Waals surface area contributed by atoms with Crippen LogP contribution in [0.25, 0.3) is 0 Å². The molecule has 2 N–H and O–H groups in total. The Morgan fingerprint density at radius 3 is 1.42 bits per heavy atom. The summed E-state index contributed by atoms with van der Waals surface area (Å²) in [6.07, 6.45) is 0. The van der Waals surface area contributed by atoms with Gasteiger partial charge in [-0.25, -0.2) is 0 Å². The van der Waals surface area contributed by atoms with Gasteiger partial charge in [-0.1, -0.05) is 0 Å². The van der Waals surface area contributed by atoms with Gasteiger partial charge in [-0.3, -0.25) is 14.7 Å². The van der Waals surface area contributed by atoms with Crippen molar-refractivity contribution in [2.24, 2.45) is 0 Å². The van der Waals surface area contributed by atoms with E-state index in [0.717, 1.165) is 0 Å². The highest BCUT2D eigenvalue weighted by Crippen LogP contribution is 2.20. The highest BCUT2D eigenvalue weighted by molar-refractivity contribution is 7.86. The van der Waals surface area contributed by atoms with Crippen LogP contribution in [-0.2, 0) is 10.1 Å². The molecule has 0 heterocycles. The van der Waals surface area contributed by atoms with Crippen molar-refractivity contribution in [1.82, 2.24) is 0 Å². The highest BCUT2D eigenvalue weighted by atomic mass is 127. The van der Waals surface area contributed by atoms with Crippen molar-refractivity contribution in [2.45, 2.75) is 5.51 Å². The van der Waals surface area contributed by atoms with Gasteiger partial charge in [0, 0.05) is 5.34 Å². The molecule has 0 aliphatic heterocycles. The number of hydrogen-bond donors (Lipinski definition) is 2. The smallest absolute Gasteiger partial charge is 0.522 e. The molecule has 0 bridgehead atoms. The summed E-state index contributed by atoms with van der Waals surface area (Å²) in [6.45, 7) is 0. The molecule has 11 heteroatoms. The summed E-state index contributed by atoms with van der Waals surface area (Å²) in [6, 6.07) is 0. The molecule has 0 aliphatic carbocycles. The van der Waals surface area contributed by atoms with E-state index in [0.29, 0.717) is 0 Å². The number of hydrogen-bond acceptors (Lipinski definition) is 4. The first-order valence-electron chi connectivity index (χ1n) is 1.70. The fraction of sp³-hybridized carbons (Fsp3) is 1.00. The first-order valence-corrected chi connectivity index (χ1v) is 3.14. The summed E-state index contributed by atoms with van der Waals surface area (Å²) < 4.78 is 57.5. The lowest BCUT2D eigenvalue weighted by Gasteiger charge is -1.97. The van der Waals surface area contributed by atoms with Gasteiger partial charge in [0.25, 0.3) is 0 Å². The molecule has 0 aromatic rings. The Bertz CT molecular complexity index is 209. The molecule has 6 nitrogen and oxygen atoms in total. The zero-order chi connectivity index (χ0) is 9.71. The third-order valence-corrected chi connectivity index (χ3v) is 0.877. The second-order valence-corrected chi connectivity index (χ2v) is 2.42. The van der Waals surface area contributed by atoms with E-state index in [-0.39, 0.29) is 29.3 Å². The standard InChI is InChI=1S/CHF3O3S.HI.HNO2/c2-1(3,4)8(5,6)7;;2-1-3/h(H,5,6,7);1H;1H/p-1. The highest BCUT2D eigenvalue weighted by Gasteiger charge is 2.44. The lowest BCUT2D eigenvalue weighted by atomic mass is 11.6. The maximum atomic E-state index is 10.7. The quantitative estimate of drug-likeness (QED) is 0.154. The van der Waals surface area contributed by atoms with Gasteiger partial charge in [0.2, 0.25) is 0 Å². The van der Waals surface area contributed by atoms with E-state index in [9.17, 15) is 13.2 Å². The number of nitrogens with one attached hydrogen (secondary N) is 1. The molecule has 0 saturated heterocycles. The van der Waals surface area contributed by atoms with E-state index in [4.69, 9.17) is 23.1 Å². The van der Waals surface area contributed by atoms with E-state index in [1.54, 1.807) is 0 Å². The van der Waals surface area contributed by atoms with Crippen LogP contribution in [0.3, 0.4) is 0 Å². The molecule has 0 unspecified atom stereocenters. The number of halogens is 4. The Balaban J connectivity index is -0.000000177. The number of rotatable bonds is 0. The molecule has 0 atom stereocenters. The molecule has 0 spiro atoms. The minimum Gasteiger partial charge on any atom is -1.00 e. The second-order valence-electron chi connectivity index (χ2n) is 1.00. The molecule has 0 radical (unpaired) electrons. The van der Waals surface area contributed by atoms with Gasteiger partial charge in [-0.15, -0.1) is 0 Å². The Morgan fingerprint density at radius 1 is 1.33 bits per heavy atom. The Hall–Kier alpha value is -0.170. The first-order chi connectivity index (χ1) is 4.66. The Labute approximate surface area is 81.5 Å². The van der Waals surface area contributed by atoms with E-state index in [2.05, 4.69) is 0 Å². The van der Waals surface area contributed by atoms with Crippen molar-refractivity contribution >= 4 is 10.1 Å². The molecule has 0 aliphatic rings. The van der Waals surface area contributed by atoms with Crippen LogP contribution in [-0.4, -0.2) is 18.5 Å². The SMILES string of the molecule is O=S(=O)(O)C(F)(F)F.O=[NH+][O-].[I-]. The van der Waals surface area contributed by atoms with Gasteiger partial charge in [-0.05, 0) is 0 Å². The Morgan fingerprint density at radius 2 is 1.42 bits per heavy atom. The van der Waals surface area contributed by atoms with Gasteiger partial charge >= 0.3 is 15.6 Å². The molecule has 0 saturated carbocycles. The van der Waals surface area contributed by atoms with E-state index in [1.807, 2.05) is 0 Å². The summed E-state index contributed by atoms with van der Waals surface area (Å²) >= 11 is 0. The monoisotopic (exact) mass is 324 g/mol. The molecular formula is CH2F3INO5S-. The van der Waals surface area contributed by atoms with Gasteiger partial charge in [-0.2, -0.15) is 21.6 Å². The summed E-state index contributed by atoms with van der Waals surface area (Å²) in [4.78, 5) is 8.12. The molecule has 12 heavy (non-hydrogen) atoms. The molecule has 0 amide bonds. The lowest BCUT2D eigenvalue weighted by molar-refractivity contribution is -0.398. The van der Waals surface area contributed by atoms with E-state index in [1.165, 1.54) is 0 Å². The van der Waals surface area contributed by atoms with Crippen LogP contribution < -0.4 is 29.3 Å². The third-order valence-electron chi connectivity index (χ3n) is 0.292. The van der Waals surface area contributed by atoms with Crippen molar-refractivity contribution in [2.75, 3.05) is 0 Å². The minimum absolute atomic E-state index is 0. The summed E-state index contributed by atoms with van der Waals surface area (Å²) in [5, 5.41) is 8.38. The molecule has 0 rings (SSSR count). The second kappa shape index (κ2) is 6.36. The molecule has 0 aromatic carbocycles. The average Bonchev–Trinajstić information content (AvgIpc) is 1.60. The van der Waals surface area contributed by atoms with Crippen LogP contribution in [0, 0.1) is 10.1 Å². The maximum Gasteiger partial charge on any atom is 0.522 e. The molecule has 76 valence electrons. The predicted molar refractivity (Wildman–Crippen MR) is 25.3 cm³/mol. The van der Waals surface area contributed by atoms with Crippen LogP contribution >= 0.6 is 0 Å². The van der Waals surface area contributed by atoms with Crippen molar-refractivity contribution in [3.63, 3.8) is 0 Å². The zero-order valence-corrected chi connectivity index (χ0v) is 7.97. The largest absolute Gasteiger partial charge is 1.00 e. The topological polar surface area (TPSA) is 108 Å². The van der Waals surface area contributed by atoms with Crippen molar-refractivity contribution in [1.29, 1.82) is 0 Å². The van der Waals surface area contributed by atoms with Crippen LogP contribution in [0.5, 0.6) is 0 Å². The summed E-state index contributed by atoms with van der Waals surface area (Å²) in [7, 11) is -5.84. The average molecular weight is 324 g/mol.